The molecule has 2 rings (SSSR count). The van der Waals surface area contributed by atoms with Crippen LogP contribution in [0.3, 0.4) is 0 Å². The Morgan fingerprint density at radius 3 is 0.958 bits per heavy atom. The molecule has 0 aromatic heterocycles. The first-order valence-corrected chi connectivity index (χ1v) is 6.65. The summed E-state index contributed by atoms with van der Waals surface area (Å²) < 4.78 is 81.5. The summed E-state index contributed by atoms with van der Waals surface area (Å²) in [6.07, 6.45) is -11.6. The van der Waals surface area contributed by atoms with Crippen molar-refractivity contribution in [3.8, 4) is 0 Å². The molecule has 2 aromatic carbocycles. The zero-order valence-corrected chi connectivity index (χ0v) is 11.9. The van der Waals surface area contributed by atoms with E-state index in [0.717, 1.165) is 24.3 Å². The summed E-state index contributed by atoms with van der Waals surface area (Å²) in [5.41, 5.74) is -11.4. The molecule has 0 amide bonds. The number of aliphatic hydroxyl groups is 2. The van der Waals surface area contributed by atoms with Crippen LogP contribution in [0.1, 0.15) is 11.1 Å². The SMILES string of the molecule is O[C@@](c1ccccc1)(C(F)(F)F)[C@](O)(c1ccccc1)C(F)(F)F. The highest BCUT2D eigenvalue weighted by atomic mass is 19.4. The second-order valence-electron chi connectivity index (χ2n) is 5.15. The van der Waals surface area contributed by atoms with Gasteiger partial charge in [0.15, 0.2) is 0 Å². The Hall–Kier alpha value is -2.06. The predicted molar refractivity (Wildman–Crippen MR) is 72.8 cm³/mol. The molecule has 2 aromatic rings. The van der Waals surface area contributed by atoms with Crippen LogP contribution in [0.25, 0.3) is 0 Å². The predicted octanol–water partition coefficient (Wildman–Crippen LogP) is 3.89. The molecule has 2 nitrogen and oxygen atoms in total. The minimum atomic E-state index is -5.81. The van der Waals surface area contributed by atoms with Gasteiger partial charge < -0.3 is 10.2 Å². The van der Waals surface area contributed by atoms with E-state index in [4.69, 9.17) is 0 Å². The van der Waals surface area contributed by atoms with Crippen LogP contribution in [0.4, 0.5) is 26.3 Å². The molecule has 8 heteroatoms. The monoisotopic (exact) mass is 350 g/mol. The highest BCUT2D eigenvalue weighted by Crippen LogP contribution is 2.57. The number of halogens is 6. The van der Waals surface area contributed by atoms with E-state index in [1.807, 2.05) is 0 Å². The van der Waals surface area contributed by atoms with Crippen molar-refractivity contribution >= 4 is 0 Å². The molecule has 0 bridgehead atoms. The number of alkyl halides is 6. The molecule has 0 fully saturated rings. The molecule has 0 unspecified atom stereocenters. The topological polar surface area (TPSA) is 40.5 Å². The lowest BCUT2D eigenvalue weighted by molar-refractivity contribution is -0.399. The average Bonchev–Trinajstić information content (AvgIpc) is 2.52. The number of benzene rings is 2. The summed E-state index contributed by atoms with van der Waals surface area (Å²) in [7, 11) is 0. The third-order valence-electron chi connectivity index (χ3n) is 3.73. The van der Waals surface area contributed by atoms with E-state index in [1.54, 1.807) is 0 Å². The lowest BCUT2D eigenvalue weighted by Crippen LogP contribution is -2.65. The maximum Gasteiger partial charge on any atom is 0.425 e. The van der Waals surface area contributed by atoms with E-state index in [-0.39, 0.29) is 0 Å². The molecular formula is C16H12F6O2. The Labute approximate surface area is 133 Å². The molecule has 2 N–H and O–H groups in total. The Morgan fingerprint density at radius 1 is 0.500 bits per heavy atom. The normalized spacial score (nSPS) is 17.8. The standard InChI is InChI=1S/C16H12F6O2/c17-15(18,19)13(23,11-7-3-1-4-8-11)14(24,16(20,21)22)12-9-5-2-6-10-12/h1-10,23-24H/t13-,14-/m1/s1. The Kier molecular flexibility index (Phi) is 4.41. The van der Waals surface area contributed by atoms with Crippen molar-refractivity contribution < 1.29 is 36.6 Å². The van der Waals surface area contributed by atoms with Crippen molar-refractivity contribution in [2.45, 2.75) is 23.6 Å². The van der Waals surface area contributed by atoms with Crippen molar-refractivity contribution in [3.05, 3.63) is 71.8 Å². The summed E-state index contributed by atoms with van der Waals surface area (Å²) in [4.78, 5) is 0. The van der Waals surface area contributed by atoms with Crippen LogP contribution < -0.4 is 0 Å². The smallest absolute Gasteiger partial charge is 0.374 e. The van der Waals surface area contributed by atoms with Gasteiger partial charge in [-0.2, -0.15) is 26.3 Å². The van der Waals surface area contributed by atoms with Crippen molar-refractivity contribution in [3.63, 3.8) is 0 Å². The molecular weight excluding hydrogens is 338 g/mol. The minimum absolute atomic E-state index is 0.674. The maximum absolute atomic E-state index is 13.6. The number of hydrogen-bond donors (Lipinski definition) is 2. The molecule has 0 aliphatic carbocycles. The van der Waals surface area contributed by atoms with Gasteiger partial charge >= 0.3 is 12.4 Å². The zero-order valence-electron chi connectivity index (χ0n) is 11.9. The minimum Gasteiger partial charge on any atom is -0.374 e. The third kappa shape index (κ3) is 2.55. The lowest BCUT2D eigenvalue weighted by atomic mass is 9.72. The molecule has 0 spiro atoms. The second kappa shape index (κ2) is 5.78. The largest absolute Gasteiger partial charge is 0.425 e. The fraction of sp³-hybridized carbons (Fsp3) is 0.250. The van der Waals surface area contributed by atoms with Crippen molar-refractivity contribution in [2.75, 3.05) is 0 Å². The number of rotatable bonds is 3. The molecule has 0 saturated carbocycles. The van der Waals surface area contributed by atoms with E-state index in [1.165, 1.54) is 12.1 Å². The lowest BCUT2D eigenvalue weighted by Gasteiger charge is -2.45. The van der Waals surface area contributed by atoms with Gasteiger partial charge in [-0.3, -0.25) is 0 Å². The van der Waals surface area contributed by atoms with Crippen LogP contribution in [0, 0.1) is 0 Å². The maximum atomic E-state index is 13.6. The summed E-state index contributed by atoms with van der Waals surface area (Å²) in [6.45, 7) is 0. The van der Waals surface area contributed by atoms with Crippen LogP contribution >= 0.6 is 0 Å². The highest BCUT2D eigenvalue weighted by Gasteiger charge is 2.77. The van der Waals surface area contributed by atoms with Gasteiger partial charge in [0.2, 0.25) is 11.2 Å². The van der Waals surface area contributed by atoms with Gasteiger partial charge in [-0.25, -0.2) is 0 Å². The summed E-state index contributed by atoms with van der Waals surface area (Å²) in [5.74, 6) is 0. The Bertz CT molecular complexity index is 622. The molecule has 0 radical (unpaired) electrons. The first-order chi connectivity index (χ1) is 11.0. The molecule has 130 valence electrons. The van der Waals surface area contributed by atoms with Gasteiger partial charge in [-0.05, 0) is 11.1 Å². The molecule has 0 aliphatic rings. The van der Waals surface area contributed by atoms with Gasteiger partial charge in [-0.1, -0.05) is 60.7 Å². The Morgan fingerprint density at radius 2 is 0.750 bits per heavy atom. The fourth-order valence-corrected chi connectivity index (χ4v) is 2.51. The Balaban J connectivity index is 2.88. The van der Waals surface area contributed by atoms with E-state index in [9.17, 15) is 36.6 Å². The van der Waals surface area contributed by atoms with Crippen molar-refractivity contribution in [2.24, 2.45) is 0 Å². The fourth-order valence-electron chi connectivity index (χ4n) is 2.51. The summed E-state index contributed by atoms with van der Waals surface area (Å²) >= 11 is 0. The number of hydrogen-bond acceptors (Lipinski definition) is 2. The van der Waals surface area contributed by atoms with E-state index in [0.29, 0.717) is 24.3 Å². The zero-order chi connectivity index (χ0) is 18.2. The van der Waals surface area contributed by atoms with E-state index < -0.39 is 34.7 Å². The van der Waals surface area contributed by atoms with E-state index >= 15 is 0 Å². The van der Waals surface area contributed by atoms with E-state index in [2.05, 4.69) is 0 Å². The van der Waals surface area contributed by atoms with Gasteiger partial charge in [0.1, 0.15) is 0 Å². The van der Waals surface area contributed by atoms with Crippen LogP contribution in [0.15, 0.2) is 60.7 Å². The first-order valence-electron chi connectivity index (χ1n) is 6.65. The van der Waals surface area contributed by atoms with Crippen LogP contribution in [0.5, 0.6) is 0 Å². The molecule has 0 saturated heterocycles. The van der Waals surface area contributed by atoms with Gasteiger partial charge in [-0.15, -0.1) is 0 Å². The highest BCUT2D eigenvalue weighted by molar-refractivity contribution is 5.37. The van der Waals surface area contributed by atoms with Crippen LogP contribution in [-0.4, -0.2) is 22.6 Å². The van der Waals surface area contributed by atoms with Gasteiger partial charge in [0.25, 0.3) is 0 Å². The quantitative estimate of drug-likeness (QED) is 0.825. The van der Waals surface area contributed by atoms with Crippen molar-refractivity contribution in [1.29, 1.82) is 0 Å². The van der Waals surface area contributed by atoms with Crippen molar-refractivity contribution in [1.82, 2.24) is 0 Å². The molecule has 24 heavy (non-hydrogen) atoms. The summed E-state index contributed by atoms with van der Waals surface area (Å²) in [5, 5.41) is 20.5. The first kappa shape index (κ1) is 18.3. The second-order valence-corrected chi connectivity index (χ2v) is 5.15. The van der Waals surface area contributed by atoms with Gasteiger partial charge in [0, 0.05) is 0 Å². The van der Waals surface area contributed by atoms with Crippen LogP contribution in [0.2, 0.25) is 0 Å². The van der Waals surface area contributed by atoms with Crippen LogP contribution in [-0.2, 0) is 11.2 Å². The molecule has 0 heterocycles. The molecule has 0 aliphatic heterocycles. The molecule has 2 atom stereocenters. The summed E-state index contributed by atoms with van der Waals surface area (Å²) in [6, 6.07) is 9.38. The average molecular weight is 350 g/mol. The van der Waals surface area contributed by atoms with Gasteiger partial charge in [0.05, 0.1) is 0 Å². The third-order valence-corrected chi connectivity index (χ3v) is 3.73.